The van der Waals surface area contributed by atoms with E-state index in [1.165, 1.54) is 6.33 Å². The van der Waals surface area contributed by atoms with Gasteiger partial charge in [-0.1, -0.05) is 72.3 Å². The molecule has 0 spiro atoms. The molecule has 3 aromatic rings. The molecule has 0 atom stereocenters. The van der Waals surface area contributed by atoms with E-state index in [0.29, 0.717) is 30.8 Å². The maximum absolute atomic E-state index is 11.7. The summed E-state index contributed by atoms with van der Waals surface area (Å²) in [5.41, 5.74) is 2.65. The van der Waals surface area contributed by atoms with Gasteiger partial charge in [0.1, 0.15) is 17.3 Å². The van der Waals surface area contributed by atoms with Crippen molar-refractivity contribution in [1.82, 2.24) is 9.97 Å². The molecule has 0 N–H and O–H groups in total. The molecule has 0 aliphatic heterocycles. The number of carbonyl (C=O) groups is 2. The van der Waals surface area contributed by atoms with Gasteiger partial charge >= 0.3 is 0 Å². The predicted molar refractivity (Wildman–Crippen MR) is 105 cm³/mol. The molecule has 136 valence electrons. The molecule has 0 unspecified atom stereocenters. The van der Waals surface area contributed by atoms with Crippen LogP contribution in [0.4, 0.5) is 5.82 Å². The Hall–Kier alpha value is -3.05. The first-order valence-corrected chi connectivity index (χ1v) is 8.85. The zero-order chi connectivity index (χ0) is 19.1. The zero-order valence-corrected chi connectivity index (χ0v) is 15.3. The molecule has 0 fully saturated rings. The lowest BCUT2D eigenvalue weighted by atomic mass is 10.1. The highest BCUT2D eigenvalue weighted by molar-refractivity contribution is 6.32. The number of Topliss-reactive ketones (excluding diaryl/α,β-unsaturated/α-hetero) is 1. The van der Waals surface area contributed by atoms with Crippen molar-refractivity contribution in [2.75, 3.05) is 4.90 Å². The van der Waals surface area contributed by atoms with Crippen molar-refractivity contribution >= 4 is 29.5 Å². The number of nitrogens with zero attached hydrogens (tertiary/aromatic N) is 3. The molecule has 3 rings (SSSR count). The summed E-state index contributed by atoms with van der Waals surface area (Å²) < 4.78 is 0. The summed E-state index contributed by atoms with van der Waals surface area (Å²) >= 11 is 6.23. The summed E-state index contributed by atoms with van der Waals surface area (Å²) in [6.45, 7) is 1.15. The van der Waals surface area contributed by atoms with E-state index in [4.69, 9.17) is 11.6 Å². The Bertz CT molecular complexity index is 876. The van der Waals surface area contributed by atoms with Crippen molar-refractivity contribution in [2.45, 2.75) is 19.5 Å². The maximum Gasteiger partial charge on any atom is 0.199 e. The fourth-order valence-corrected chi connectivity index (χ4v) is 3.03. The van der Waals surface area contributed by atoms with E-state index in [0.717, 1.165) is 11.1 Å². The molecule has 0 amide bonds. The molecule has 6 heteroatoms. The minimum absolute atomic E-state index is 0.126. The second-order valence-corrected chi connectivity index (χ2v) is 6.41. The Morgan fingerprint density at radius 2 is 1.48 bits per heavy atom. The zero-order valence-electron chi connectivity index (χ0n) is 14.6. The highest BCUT2D eigenvalue weighted by Gasteiger charge is 2.19. The maximum atomic E-state index is 11.7. The van der Waals surface area contributed by atoms with Gasteiger partial charge in [0.25, 0.3) is 0 Å². The van der Waals surface area contributed by atoms with Crippen molar-refractivity contribution < 1.29 is 9.59 Å². The van der Waals surface area contributed by atoms with Crippen LogP contribution in [0.25, 0.3) is 0 Å². The Balaban J connectivity index is 2.00. The van der Waals surface area contributed by atoms with Crippen LogP contribution in [0.5, 0.6) is 0 Å². The molecule has 2 aromatic carbocycles. The summed E-state index contributed by atoms with van der Waals surface area (Å²) in [4.78, 5) is 33.0. The third-order valence-corrected chi connectivity index (χ3v) is 4.41. The lowest BCUT2D eigenvalue weighted by Crippen LogP contribution is -2.25. The van der Waals surface area contributed by atoms with Gasteiger partial charge in [0, 0.05) is 25.1 Å². The Morgan fingerprint density at radius 3 is 2.00 bits per heavy atom. The molecule has 0 saturated carbocycles. The molecular weight excluding hydrogens is 362 g/mol. The van der Waals surface area contributed by atoms with E-state index in [1.54, 1.807) is 0 Å². The summed E-state index contributed by atoms with van der Waals surface area (Å²) in [5.74, 6) is -0.00905. The molecule has 0 radical (unpaired) electrons. The topological polar surface area (TPSA) is 63.2 Å². The van der Waals surface area contributed by atoms with Crippen LogP contribution >= 0.6 is 11.6 Å². The molecule has 27 heavy (non-hydrogen) atoms. The normalized spacial score (nSPS) is 10.4. The first-order valence-electron chi connectivity index (χ1n) is 8.47. The average molecular weight is 380 g/mol. The van der Waals surface area contributed by atoms with Gasteiger partial charge in [-0.25, -0.2) is 9.97 Å². The third kappa shape index (κ3) is 4.99. The summed E-state index contributed by atoms with van der Waals surface area (Å²) in [6, 6.07) is 19.9. The summed E-state index contributed by atoms with van der Waals surface area (Å²) in [5, 5.41) is 0.182. The van der Waals surface area contributed by atoms with E-state index in [-0.39, 0.29) is 11.6 Å². The number of hydrogen-bond donors (Lipinski definition) is 0. The minimum Gasteiger partial charge on any atom is -0.348 e. The highest BCUT2D eigenvalue weighted by atomic mass is 35.5. The van der Waals surface area contributed by atoms with Crippen LogP contribution in [0.15, 0.2) is 67.0 Å². The second kappa shape index (κ2) is 9.05. The number of ketones is 1. The number of benzene rings is 2. The third-order valence-electron chi connectivity index (χ3n) is 4.08. The van der Waals surface area contributed by atoms with Crippen LogP contribution in [0.2, 0.25) is 5.15 Å². The van der Waals surface area contributed by atoms with E-state index in [1.807, 2.05) is 65.6 Å². The molecule has 0 bridgehead atoms. The number of halogens is 1. The second-order valence-electron chi connectivity index (χ2n) is 6.05. The first-order chi connectivity index (χ1) is 13.2. The highest BCUT2D eigenvalue weighted by Crippen LogP contribution is 2.27. The molecule has 1 aromatic heterocycles. The predicted octanol–water partition coefficient (Wildman–Crippen LogP) is 3.65. The number of hydrogen-bond acceptors (Lipinski definition) is 5. The van der Waals surface area contributed by atoms with Gasteiger partial charge in [-0.2, -0.15) is 0 Å². The van der Waals surface area contributed by atoms with E-state index < -0.39 is 5.78 Å². The van der Waals surface area contributed by atoms with Gasteiger partial charge in [-0.3, -0.25) is 9.59 Å². The number of rotatable bonds is 8. The molecule has 0 aliphatic rings. The quantitative estimate of drug-likeness (QED) is 0.339. The van der Waals surface area contributed by atoms with Gasteiger partial charge < -0.3 is 4.90 Å². The fraction of sp³-hybridized carbons (Fsp3) is 0.143. The van der Waals surface area contributed by atoms with Gasteiger partial charge in [0.15, 0.2) is 12.1 Å². The summed E-state index contributed by atoms with van der Waals surface area (Å²) in [7, 11) is 0. The molecular formula is C21H18ClN3O2. The van der Waals surface area contributed by atoms with Crippen LogP contribution in [0.3, 0.4) is 0 Å². The van der Waals surface area contributed by atoms with Crippen molar-refractivity contribution in [2.24, 2.45) is 0 Å². The number of anilines is 1. The molecule has 5 nitrogen and oxygen atoms in total. The van der Waals surface area contributed by atoms with E-state index in [9.17, 15) is 9.59 Å². The monoisotopic (exact) mass is 379 g/mol. The van der Waals surface area contributed by atoms with E-state index in [2.05, 4.69) is 9.97 Å². The van der Waals surface area contributed by atoms with Gasteiger partial charge in [0.2, 0.25) is 0 Å². The fourth-order valence-electron chi connectivity index (χ4n) is 2.84. The average Bonchev–Trinajstić information content (AvgIpc) is 2.70. The SMILES string of the molecule is O=CC(=O)Cc1c(Cl)ncnc1N(Cc1ccccc1)Cc1ccccc1. The van der Waals surface area contributed by atoms with Crippen LogP contribution in [0.1, 0.15) is 16.7 Å². The molecule has 0 aliphatic carbocycles. The molecule has 0 saturated heterocycles. The van der Waals surface area contributed by atoms with Crippen LogP contribution in [-0.2, 0) is 29.1 Å². The Kier molecular flexibility index (Phi) is 6.28. The standard InChI is InChI=1S/C21H18ClN3O2/c22-20-19(11-18(27)14-26)21(24-15-23-20)25(12-16-7-3-1-4-8-16)13-17-9-5-2-6-10-17/h1-10,14-15H,11-13H2. The van der Waals surface area contributed by atoms with Gasteiger partial charge in [-0.15, -0.1) is 0 Å². The lowest BCUT2D eigenvalue weighted by Gasteiger charge is -2.26. The minimum atomic E-state index is -0.563. The first kappa shape index (κ1) is 18.7. The Labute approximate surface area is 162 Å². The van der Waals surface area contributed by atoms with Crippen molar-refractivity contribution in [1.29, 1.82) is 0 Å². The van der Waals surface area contributed by atoms with Crippen LogP contribution in [0, 0.1) is 0 Å². The van der Waals surface area contributed by atoms with E-state index >= 15 is 0 Å². The number of carbonyl (C=O) groups excluding carboxylic acids is 2. The van der Waals surface area contributed by atoms with Crippen molar-refractivity contribution in [3.8, 4) is 0 Å². The number of aromatic nitrogens is 2. The smallest absolute Gasteiger partial charge is 0.199 e. The molecule has 1 heterocycles. The van der Waals surface area contributed by atoms with Crippen molar-refractivity contribution in [3.05, 3.63) is 88.8 Å². The number of aldehydes is 1. The van der Waals surface area contributed by atoms with Crippen molar-refractivity contribution in [3.63, 3.8) is 0 Å². The van der Waals surface area contributed by atoms with Gasteiger partial charge in [-0.05, 0) is 11.1 Å². The van der Waals surface area contributed by atoms with Crippen LogP contribution in [-0.4, -0.2) is 22.0 Å². The van der Waals surface area contributed by atoms with Gasteiger partial charge in [0.05, 0.1) is 0 Å². The van der Waals surface area contributed by atoms with Crippen LogP contribution < -0.4 is 4.90 Å². The summed E-state index contributed by atoms with van der Waals surface area (Å²) in [6.07, 6.45) is 1.54. The lowest BCUT2D eigenvalue weighted by molar-refractivity contribution is -0.129. The Morgan fingerprint density at radius 1 is 0.926 bits per heavy atom. The largest absolute Gasteiger partial charge is 0.348 e.